The number of aryl methyl sites for hydroxylation is 1. The number of carbonyl (C=O) groups excluding carboxylic acids is 1. The Bertz CT molecular complexity index is 650. The molecule has 3 rings (SSSR count). The Morgan fingerprint density at radius 1 is 0.964 bits per heavy atom. The van der Waals surface area contributed by atoms with E-state index in [4.69, 9.17) is 24.5 Å². The zero-order chi connectivity index (χ0) is 20.5. The third-order valence-corrected chi connectivity index (χ3v) is 5.07. The van der Waals surface area contributed by atoms with Crippen LogP contribution in [0.2, 0.25) is 0 Å². The second kappa shape index (κ2) is 10.7. The summed E-state index contributed by atoms with van der Waals surface area (Å²) in [7, 11) is 0. The van der Waals surface area contributed by atoms with Gasteiger partial charge in [-0.25, -0.2) is 9.59 Å². The first-order valence-corrected chi connectivity index (χ1v) is 9.54. The van der Waals surface area contributed by atoms with Crippen molar-refractivity contribution in [2.24, 2.45) is 0 Å². The summed E-state index contributed by atoms with van der Waals surface area (Å²) < 4.78 is 5.60. The summed E-state index contributed by atoms with van der Waals surface area (Å²) in [6.07, 6.45) is 5.41. The third kappa shape index (κ3) is 6.84. The Balaban J connectivity index is 0.000000409. The summed E-state index contributed by atoms with van der Waals surface area (Å²) in [6, 6.07) is 8.60. The summed E-state index contributed by atoms with van der Waals surface area (Å²) in [5, 5.41) is 14.8. The van der Waals surface area contributed by atoms with Crippen molar-refractivity contribution < 1.29 is 29.3 Å². The van der Waals surface area contributed by atoms with E-state index in [-0.39, 0.29) is 12.5 Å². The quantitative estimate of drug-likeness (QED) is 0.750. The highest BCUT2D eigenvalue weighted by Gasteiger charge is 2.27. The summed E-state index contributed by atoms with van der Waals surface area (Å²) >= 11 is 0. The van der Waals surface area contributed by atoms with Crippen LogP contribution in [0.3, 0.4) is 0 Å². The molecule has 1 saturated carbocycles. The number of hydrogen-bond donors (Lipinski definition) is 2. The smallest absolute Gasteiger partial charge is 0.414 e. The van der Waals surface area contributed by atoms with Crippen LogP contribution in [0.25, 0.3) is 0 Å². The molecule has 154 valence electrons. The number of piperazine rings is 1. The van der Waals surface area contributed by atoms with Crippen molar-refractivity contribution in [2.75, 3.05) is 32.8 Å². The number of nitrogens with zero attached hydrogens (tertiary/aromatic N) is 2. The predicted octanol–water partition coefficient (Wildman–Crippen LogP) is 1.62. The highest BCUT2D eigenvalue weighted by atomic mass is 16.5. The molecular formula is C20H28N2O6. The van der Waals surface area contributed by atoms with E-state index in [1.807, 2.05) is 36.1 Å². The van der Waals surface area contributed by atoms with Gasteiger partial charge >= 0.3 is 11.9 Å². The number of rotatable bonds is 4. The van der Waals surface area contributed by atoms with Gasteiger partial charge in [0.25, 0.3) is 5.91 Å². The molecule has 1 amide bonds. The molecule has 1 heterocycles. The van der Waals surface area contributed by atoms with Gasteiger partial charge in [-0.05, 0) is 31.9 Å². The maximum Gasteiger partial charge on any atom is 0.414 e. The number of aliphatic carboxylic acids is 2. The van der Waals surface area contributed by atoms with Gasteiger partial charge in [0, 0.05) is 32.2 Å². The molecule has 8 heteroatoms. The maximum atomic E-state index is 12.2. The van der Waals surface area contributed by atoms with Crippen LogP contribution in [-0.4, -0.2) is 76.7 Å². The monoisotopic (exact) mass is 392 g/mol. The van der Waals surface area contributed by atoms with E-state index in [9.17, 15) is 4.79 Å². The van der Waals surface area contributed by atoms with Crippen LogP contribution in [0, 0.1) is 6.92 Å². The molecular weight excluding hydrogens is 364 g/mol. The molecule has 1 aromatic carbocycles. The van der Waals surface area contributed by atoms with Gasteiger partial charge in [0.15, 0.2) is 6.61 Å². The predicted molar refractivity (Wildman–Crippen MR) is 102 cm³/mol. The fourth-order valence-corrected chi connectivity index (χ4v) is 3.48. The molecule has 0 unspecified atom stereocenters. The first-order valence-electron chi connectivity index (χ1n) is 9.54. The zero-order valence-electron chi connectivity index (χ0n) is 16.2. The lowest BCUT2D eigenvalue weighted by atomic mass is 10.2. The summed E-state index contributed by atoms with van der Waals surface area (Å²) in [5.41, 5.74) is 1.20. The number of hydrogen-bond acceptors (Lipinski definition) is 5. The van der Waals surface area contributed by atoms with Crippen molar-refractivity contribution in [3.63, 3.8) is 0 Å². The highest BCUT2D eigenvalue weighted by molar-refractivity contribution is 6.27. The molecule has 2 N–H and O–H groups in total. The molecule has 1 aliphatic carbocycles. The van der Waals surface area contributed by atoms with Crippen molar-refractivity contribution in [3.05, 3.63) is 29.8 Å². The summed E-state index contributed by atoms with van der Waals surface area (Å²) in [5.74, 6) is -2.78. The van der Waals surface area contributed by atoms with Gasteiger partial charge in [-0.1, -0.05) is 30.5 Å². The van der Waals surface area contributed by atoms with Crippen LogP contribution in [0.1, 0.15) is 31.2 Å². The van der Waals surface area contributed by atoms with E-state index in [1.54, 1.807) is 0 Å². The lowest BCUT2D eigenvalue weighted by Crippen LogP contribution is -2.52. The number of carboxylic acid groups (broad SMARTS) is 2. The van der Waals surface area contributed by atoms with E-state index in [0.717, 1.165) is 38.0 Å². The van der Waals surface area contributed by atoms with Crippen molar-refractivity contribution in [1.29, 1.82) is 0 Å². The van der Waals surface area contributed by atoms with Crippen LogP contribution < -0.4 is 4.74 Å². The fourth-order valence-electron chi connectivity index (χ4n) is 3.48. The number of amides is 1. The maximum absolute atomic E-state index is 12.2. The van der Waals surface area contributed by atoms with E-state index >= 15 is 0 Å². The molecule has 8 nitrogen and oxygen atoms in total. The van der Waals surface area contributed by atoms with Crippen LogP contribution in [0.15, 0.2) is 24.3 Å². The summed E-state index contributed by atoms with van der Waals surface area (Å²) in [4.78, 5) is 35.0. The molecule has 0 bridgehead atoms. The first kappa shape index (κ1) is 21.7. The van der Waals surface area contributed by atoms with Gasteiger partial charge in [-0.15, -0.1) is 0 Å². The lowest BCUT2D eigenvalue weighted by Gasteiger charge is -2.38. The Morgan fingerprint density at radius 3 is 2.00 bits per heavy atom. The van der Waals surface area contributed by atoms with Crippen molar-refractivity contribution in [2.45, 2.75) is 38.6 Å². The second-order valence-corrected chi connectivity index (χ2v) is 7.07. The Morgan fingerprint density at radius 2 is 1.50 bits per heavy atom. The summed E-state index contributed by atoms with van der Waals surface area (Å²) in [6.45, 7) is 5.90. The fraction of sp³-hybridized carbons (Fsp3) is 0.550. The van der Waals surface area contributed by atoms with Crippen LogP contribution in [0.5, 0.6) is 5.75 Å². The molecule has 1 aliphatic heterocycles. The van der Waals surface area contributed by atoms with E-state index < -0.39 is 11.9 Å². The number of carboxylic acids is 2. The van der Waals surface area contributed by atoms with Gasteiger partial charge in [0.2, 0.25) is 0 Å². The molecule has 0 radical (unpaired) electrons. The highest BCUT2D eigenvalue weighted by Crippen LogP contribution is 2.24. The normalized spacial score (nSPS) is 17.5. The number of carbonyl (C=O) groups is 3. The van der Waals surface area contributed by atoms with Crippen molar-refractivity contribution in [1.82, 2.24) is 9.80 Å². The number of ether oxygens (including phenoxy) is 1. The minimum absolute atomic E-state index is 0.103. The Labute approximate surface area is 164 Å². The average molecular weight is 392 g/mol. The largest absolute Gasteiger partial charge is 0.484 e. The molecule has 28 heavy (non-hydrogen) atoms. The molecule has 0 spiro atoms. The molecule has 2 aliphatic rings. The van der Waals surface area contributed by atoms with E-state index in [2.05, 4.69) is 4.90 Å². The van der Waals surface area contributed by atoms with E-state index in [1.165, 1.54) is 31.2 Å². The van der Waals surface area contributed by atoms with E-state index in [0.29, 0.717) is 0 Å². The zero-order valence-corrected chi connectivity index (χ0v) is 16.2. The molecule has 1 aromatic rings. The second-order valence-electron chi connectivity index (χ2n) is 7.07. The van der Waals surface area contributed by atoms with Crippen molar-refractivity contribution >= 4 is 17.8 Å². The lowest BCUT2D eigenvalue weighted by molar-refractivity contribution is -0.159. The molecule has 0 atom stereocenters. The van der Waals surface area contributed by atoms with Gasteiger partial charge in [0.1, 0.15) is 5.75 Å². The van der Waals surface area contributed by atoms with Gasteiger partial charge in [-0.3, -0.25) is 9.69 Å². The van der Waals surface area contributed by atoms with Crippen molar-refractivity contribution in [3.8, 4) is 5.75 Å². The van der Waals surface area contributed by atoms with Gasteiger partial charge in [-0.2, -0.15) is 0 Å². The van der Waals surface area contributed by atoms with Gasteiger partial charge < -0.3 is 19.8 Å². The minimum Gasteiger partial charge on any atom is -0.484 e. The third-order valence-electron chi connectivity index (χ3n) is 5.07. The first-order chi connectivity index (χ1) is 13.4. The SMILES string of the molecule is Cc1ccc(OCC(=O)N2CCN(C3CCCC3)CC2)cc1.O=C(O)C(=O)O. The molecule has 2 fully saturated rings. The molecule has 0 aromatic heterocycles. The Kier molecular flexibility index (Phi) is 8.25. The van der Waals surface area contributed by atoms with Gasteiger partial charge in [0.05, 0.1) is 0 Å². The topological polar surface area (TPSA) is 107 Å². The molecule has 1 saturated heterocycles. The standard InChI is InChI=1S/C18H26N2O2.C2H2O4/c1-15-6-8-17(9-7-15)22-14-18(21)20-12-10-19(11-13-20)16-4-2-3-5-16;3-1(4)2(5)6/h6-9,16H,2-5,10-14H2,1H3;(H,3,4)(H,5,6). The minimum atomic E-state index is -1.82. The van der Waals surface area contributed by atoms with Crippen LogP contribution in [0.4, 0.5) is 0 Å². The Hall–Kier alpha value is -2.61. The van der Waals surface area contributed by atoms with Crippen LogP contribution in [-0.2, 0) is 14.4 Å². The number of benzene rings is 1. The van der Waals surface area contributed by atoms with Crippen LogP contribution >= 0.6 is 0 Å². The average Bonchev–Trinajstić information content (AvgIpc) is 3.22.